The lowest BCUT2D eigenvalue weighted by atomic mass is 10.1. The van der Waals surface area contributed by atoms with E-state index in [1.165, 1.54) is 6.07 Å². The lowest BCUT2D eigenvalue weighted by Crippen LogP contribution is -2.19. The van der Waals surface area contributed by atoms with Crippen LogP contribution in [-0.2, 0) is 7.05 Å². The number of amides is 2. The molecule has 7 heteroatoms. The van der Waals surface area contributed by atoms with Gasteiger partial charge in [-0.05, 0) is 48.5 Å². The highest BCUT2D eigenvalue weighted by atomic mass is 35.5. The van der Waals surface area contributed by atoms with E-state index in [-0.39, 0.29) is 11.8 Å². The van der Waals surface area contributed by atoms with Gasteiger partial charge in [-0.1, -0.05) is 11.6 Å². The van der Waals surface area contributed by atoms with E-state index in [4.69, 9.17) is 11.6 Å². The normalized spacial score (nSPS) is 10.4. The maximum atomic E-state index is 12.1. The predicted octanol–water partition coefficient (Wildman–Crippen LogP) is 4.09. The molecule has 6 nitrogen and oxygen atoms in total. The number of rotatable bonds is 3. The van der Waals surface area contributed by atoms with Gasteiger partial charge in [0, 0.05) is 35.2 Å². The summed E-state index contributed by atoms with van der Waals surface area (Å²) in [4.78, 5) is 12.1. The number of hydrogen-bond acceptors (Lipinski definition) is 3. The number of benzene rings is 2. The first-order chi connectivity index (χ1) is 11.5. The molecular weight excluding hydrogens is 328 g/mol. The average Bonchev–Trinajstić information content (AvgIpc) is 2.97. The van der Waals surface area contributed by atoms with Gasteiger partial charge in [0.25, 0.3) is 0 Å². The molecule has 0 aliphatic rings. The summed E-state index contributed by atoms with van der Waals surface area (Å²) in [5.74, 6) is 0.113. The molecule has 24 heavy (non-hydrogen) atoms. The number of aromatic hydroxyl groups is 1. The maximum Gasteiger partial charge on any atom is 0.323 e. The van der Waals surface area contributed by atoms with Crippen molar-refractivity contribution in [3.63, 3.8) is 0 Å². The third-order valence-corrected chi connectivity index (χ3v) is 3.71. The van der Waals surface area contributed by atoms with E-state index in [0.29, 0.717) is 22.0 Å². The van der Waals surface area contributed by atoms with Crippen LogP contribution in [0.25, 0.3) is 11.3 Å². The zero-order valence-corrected chi connectivity index (χ0v) is 13.6. The standard InChI is InChI=1S/C17H15ClN4O2/c1-22-15(8-9-19-22)14-10-13(6-7-16(14)23)21-17(24)20-12-4-2-11(18)3-5-12/h2-10,23H,1H3,(H2,20,21,24). The Labute approximate surface area is 143 Å². The molecule has 0 aliphatic heterocycles. The number of urea groups is 1. The van der Waals surface area contributed by atoms with E-state index in [2.05, 4.69) is 15.7 Å². The minimum absolute atomic E-state index is 0.113. The maximum absolute atomic E-state index is 12.1. The molecule has 2 aromatic carbocycles. The molecule has 0 saturated carbocycles. The highest BCUT2D eigenvalue weighted by Crippen LogP contribution is 2.31. The van der Waals surface area contributed by atoms with E-state index in [9.17, 15) is 9.90 Å². The van der Waals surface area contributed by atoms with Crippen LogP contribution in [0.3, 0.4) is 0 Å². The Balaban J connectivity index is 1.77. The lowest BCUT2D eigenvalue weighted by molar-refractivity contribution is 0.262. The van der Waals surface area contributed by atoms with Crippen LogP contribution in [-0.4, -0.2) is 20.9 Å². The first-order valence-corrected chi connectivity index (χ1v) is 7.56. The number of phenolic OH excluding ortho intramolecular Hbond substituents is 1. The van der Waals surface area contributed by atoms with Gasteiger partial charge in [-0.2, -0.15) is 5.10 Å². The van der Waals surface area contributed by atoms with Crippen molar-refractivity contribution in [1.82, 2.24) is 9.78 Å². The van der Waals surface area contributed by atoms with Crippen molar-refractivity contribution >= 4 is 29.0 Å². The molecule has 3 rings (SSSR count). The quantitative estimate of drug-likeness (QED) is 0.627. The summed E-state index contributed by atoms with van der Waals surface area (Å²) in [5.41, 5.74) is 2.51. The monoisotopic (exact) mass is 342 g/mol. The van der Waals surface area contributed by atoms with Gasteiger partial charge in [0.1, 0.15) is 5.75 Å². The molecule has 3 N–H and O–H groups in total. The number of carbonyl (C=O) groups is 1. The second-order valence-corrected chi connectivity index (χ2v) is 5.59. The first kappa shape index (κ1) is 15.9. The van der Waals surface area contributed by atoms with Crippen molar-refractivity contribution in [3.8, 4) is 17.0 Å². The summed E-state index contributed by atoms with van der Waals surface area (Å²) in [5, 5.41) is 20.2. The van der Waals surface area contributed by atoms with E-state index in [1.54, 1.807) is 60.4 Å². The van der Waals surface area contributed by atoms with Crippen LogP contribution in [0.15, 0.2) is 54.7 Å². The smallest absolute Gasteiger partial charge is 0.323 e. The molecular formula is C17H15ClN4O2. The Morgan fingerprint density at radius 1 is 1.08 bits per heavy atom. The number of nitrogens with zero attached hydrogens (tertiary/aromatic N) is 2. The molecule has 0 saturated heterocycles. The predicted molar refractivity (Wildman–Crippen MR) is 94.4 cm³/mol. The van der Waals surface area contributed by atoms with Crippen molar-refractivity contribution in [2.45, 2.75) is 0 Å². The lowest BCUT2D eigenvalue weighted by Gasteiger charge is -2.11. The van der Waals surface area contributed by atoms with Crippen molar-refractivity contribution < 1.29 is 9.90 Å². The van der Waals surface area contributed by atoms with Crippen molar-refractivity contribution in [2.75, 3.05) is 10.6 Å². The number of phenols is 1. The van der Waals surface area contributed by atoms with Crippen LogP contribution >= 0.6 is 11.6 Å². The van der Waals surface area contributed by atoms with Crippen LogP contribution < -0.4 is 10.6 Å². The van der Waals surface area contributed by atoms with Gasteiger partial charge in [-0.25, -0.2) is 4.79 Å². The first-order valence-electron chi connectivity index (χ1n) is 7.18. The number of aromatic nitrogens is 2. The minimum atomic E-state index is -0.390. The Kier molecular flexibility index (Phi) is 4.39. The highest BCUT2D eigenvalue weighted by Gasteiger charge is 2.10. The van der Waals surface area contributed by atoms with Crippen molar-refractivity contribution in [3.05, 3.63) is 59.8 Å². The van der Waals surface area contributed by atoms with Gasteiger partial charge in [-0.3, -0.25) is 4.68 Å². The van der Waals surface area contributed by atoms with Crippen LogP contribution in [0.2, 0.25) is 5.02 Å². The minimum Gasteiger partial charge on any atom is -0.507 e. The van der Waals surface area contributed by atoms with Crippen LogP contribution in [0.4, 0.5) is 16.2 Å². The number of carbonyl (C=O) groups excluding carboxylic acids is 1. The van der Waals surface area contributed by atoms with Gasteiger partial charge in [0.05, 0.1) is 5.69 Å². The summed E-state index contributed by atoms with van der Waals surface area (Å²) < 4.78 is 1.65. The van der Waals surface area contributed by atoms with Crippen molar-refractivity contribution in [2.24, 2.45) is 7.05 Å². The Morgan fingerprint density at radius 2 is 1.75 bits per heavy atom. The molecule has 0 bridgehead atoms. The largest absolute Gasteiger partial charge is 0.507 e. The summed E-state index contributed by atoms with van der Waals surface area (Å²) in [7, 11) is 1.78. The molecule has 3 aromatic rings. The third-order valence-electron chi connectivity index (χ3n) is 3.45. The molecule has 0 aliphatic carbocycles. The van der Waals surface area contributed by atoms with E-state index >= 15 is 0 Å². The number of aryl methyl sites for hydroxylation is 1. The van der Waals surface area contributed by atoms with Crippen LogP contribution in [0.5, 0.6) is 5.75 Å². The summed E-state index contributed by atoms with van der Waals surface area (Å²) in [6.45, 7) is 0. The Bertz CT molecular complexity index is 875. The number of anilines is 2. The number of hydrogen-bond donors (Lipinski definition) is 3. The molecule has 1 heterocycles. The zero-order chi connectivity index (χ0) is 17.1. The number of nitrogens with one attached hydrogen (secondary N) is 2. The topological polar surface area (TPSA) is 79.2 Å². The van der Waals surface area contributed by atoms with Crippen molar-refractivity contribution in [1.29, 1.82) is 0 Å². The molecule has 0 atom stereocenters. The fourth-order valence-corrected chi connectivity index (χ4v) is 2.41. The molecule has 1 aromatic heterocycles. The average molecular weight is 343 g/mol. The number of halogens is 1. The molecule has 0 fully saturated rings. The Hall–Kier alpha value is -2.99. The molecule has 0 spiro atoms. The van der Waals surface area contributed by atoms with Gasteiger partial charge in [0.15, 0.2) is 0 Å². The van der Waals surface area contributed by atoms with E-state index in [1.807, 2.05) is 0 Å². The SMILES string of the molecule is Cn1nccc1-c1cc(NC(=O)Nc2ccc(Cl)cc2)ccc1O. The summed E-state index contributed by atoms with van der Waals surface area (Å²) in [6, 6.07) is 13.0. The third kappa shape index (κ3) is 3.49. The molecule has 2 amide bonds. The molecule has 122 valence electrons. The van der Waals surface area contributed by atoms with Crippen LogP contribution in [0.1, 0.15) is 0 Å². The van der Waals surface area contributed by atoms with Gasteiger partial charge in [-0.15, -0.1) is 0 Å². The van der Waals surface area contributed by atoms with Gasteiger partial charge >= 0.3 is 6.03 Å². The fourth-order valence-electron chi connectivity index (χ4n) is 2.28. The zero-order valence-electron chi connectivity index (χ0n) is 12.8. The Morgan fingerprint density at radius 3 is 2.42 bits per heavy atom. The summed E-state index contributed by atoms with van der Waals surface area (Å²) >= 11 is 5.81. The van der Waals surface area contributed by atoms with Crippen LogP contribution in [0, 0.1) is 0 Å². The molecule has 0 unspecified atom stereocenters. The van der Waals surface area contributed by atoms with Gasteiger partial charge < -0.3 is 15.7 Å². The fraction of sp³-hybridized carbons (Fsp3) is 0.0588. The van der Waals surface area contributed by atoms with E-state index in [0.717, 1.165) is 5.69 Å². The second kappa shape index (κ2) is 6.64. The summed E-state index contributed by atoms with van der Waals surface area (Å²) in [6.07, 6.45) is 1.64. The second-order valence-electron chi connectivity index (χ2n) is 5.16. The van der Waals surface area contributed by atoms with Gasteiger partial charge in [0.2, 0.25) is 0 Å². The molecule has 0 radical (unpaired) electrons. The highest BCUT2D eigenvalue weighted by molar-refractivity contribution is 6.30. The van der Waals surface area contributed by atoms with E-state index < -0.39 is 0 Å².